The quantitative estimate of drug-likeness (QED) is 0.465. The molecule has 0 saturated carbocycles. The van der Waals surface area contributed by atoms with E-state index < -0.39 is 0 Å². The maximum absolute atomic E-state index is 11.5. The van der Waals surface area contributed by atoms with Crippen LogP contribution in [0, 0.1) is 5.41 Å². The Labute approximate surface area is 111 Å². The highest BCUT2D eigenvalue weighted by atomic mass is 35.5. The van der Waals surface area contributed by atoms with Crippen molar-refractivity contribution in [1.29, 1.82) is 0 Å². The summed E-state index contributed by atoms with van der Waals surface area (Å²) in [6.45, 7) is 7.01. The van der Waals surface area contributed by atoms with Crippen LogP contribution in [0.3, 0.4) is 0 Å². The number of nitrogens with one attached hydrogen (secondary N) is 1. The van der Waals surface area contributed by atoms with Gasteiger partial charge in [-0.15, -0.1) is 11.6 Å². The zero-order chi connectivity index (χ0) is 13.1. The van der Waals surface area contributed by atoms with Crippen molar-refractivity contribution in [2.75, 3.05) is 12.4 Å². The van der Waals surface area contributed by atoms with Crippen LogP contribution in [-0.4, -0.2) is 18.3 Å². The Morgan fingerprint density at radius 3 is 2.29 bits per heavy atom. The first-order valence-corrected chi connectivity index (χ1v) is 7.38. The molecule has 0 saturated heterocycles. The van der Waals surface area contributed by atoms with Gasteiger partial charge in [0.25, 0.3) is 0 Å². The Balaban J connectivity index is 3.41. The van der Waals surface area contributed by atoms with Crippen LogP contribution < -0.4 is 5.32 Å². The summed E-state index contributed by atoms with van der Waals surface area (Å²) in [4.78, 5) is 11.5. The minimum absolute atomic E-state index is 0.00165. The fourth-order valence-electron chi connectivity index (χ4n) is 1.54. The molecule has 0 unspecified atom stereocenters. The fourth-order valence-corrected chi connectivity index (χ4v) is 1.63. The molecule has 2 nitrogen and oxygen atoms in total. The Hall–Kier alpha value is -0.240. The highest BCUT2D eigenvalue weighted by Gasteiger charge is 2.16. The summed E-state index contributed by atoms with van der Waals surface area (Å²) < 4.78 is 0. The first-order chi connectivity index (χ1) is 8.02. The third kappa shape index (κ3) is 10.6. The number of alkyl halides is 1. The van der Waals surface area contributed by atoms with Gasteiger partial charge in [0.2, 0.25) is 5.91 Å². The summed E-state index contributed by atoms with van der Waals surface area (Å²) >= 11 is 5.80. The molecule has 0 radical (unpaired) electrons. The van der Waals surface area contributed by atoms with E-state index >= 15 is 0 Å². The van der Waals surface area contributed by atoms with E-state index in [-0.39, 0.29) is 11.3 Å². The fraction of sp³-hybridized carbons (Fsp3) is 0.929. The molecule has 0 heterocycles. The molecule has 0 aromatic carbocycles. The molecule has 3 heteroatoms. The van der Waals surface area contributed by atoms with E-state index in [4.69, 9.17) is 11.6 Å². The van der Waals surface area contributed by atoms with Crippen molar-refractivity contribution in [3.63, 3.8) is 0 Å². The van der Waals surface area contributed by atoms with Crippen LogP contribution in [0.15, 0.2) is 0 Å². The summed E-state index contributed by atoms with van der Waals surface area (Å²) in [5.74, 6) is 0.739. The van der Waals surface area contributed by atoms with Gasteiger partial charge in [-0.25, -0.2) is 0 Å². The molecule has 1 amide bonds. The average molecular weight is 262 g/mol. The predicted molar refractivity (Wildman–Crippen MR) is 75.5 cm³/mol. The van der Waals surface area contributed by atoms with Gasteiger partial charge in [-0.1, -0.05) is 52.9 Å². The molecular weight excluding hydrogens is 234 g/mol. The summed E-state index contributed by atoms with van der Waals surface area (Å²) in [7, 11) is 0. The molecule has 0 fully saturated rings. The molecule has 0 aliphatic heterocycles. The second kappa shape index (κ2) is 9.76. The van der Waals surface area contributed by atoms with Crippen molar-refractivity contribution in [2.45, 2.75) is 65.7 Å². The number of carbonyl (C=O) groups excluding carboxylic acids is 1. The minimum Gasteiger partial charge on any atom is -0.356 e. The summed E-state index contributed by atoms with van der Waals surface area (Å²) in [5.41, 5.74) is -0.00165. The van der Waals surface area contributed by atoms with Gasteiger partial charge in [0.05, 0.1) is 0 Å². The third-order valence-corrected chi connectivity index (χ3v) is 3.61. The number of halogens is 1. The number of hydrogen-bond acceptors (Lipinski definition) is 1. The Kier molecular flexibility index (Phi) is 9.62. The van der Waals surface area contributed by atoms with Gasteiger partial charge in [-0.3, -0.25) is 4.79 Å². The van der Waals surface area contributed by atoms with Gasteiger partial charge < -0.3 is 5.32 Å². The van der Waals surface area contributed by atoms with Crippen LogP contribution in [0.1, 0.15) is 65.7 Å². The zero-order valence-corrected chi connectivity index (χ0v) is 12.4. The van der Waals surface area contributed by atoms with Crippen LogP contribution in [0.5, 0.6) is 0 Å². The van der Waals surface area contributed by atoms with Crippen LogP contribution in [0.2, 0.25) is 0 Å². The molecule has 1 N–H and O–H groups in total. The number of amides is 1. The van der Waals surface area contributed by atoms with Gasteiger partial charge in [0.15, 0.2) is 0 Å². The van der Waals surface area contributed by atoms with Crippen LogP contribution in [-0.2, 0) is 4.79 Å². The maximum Gasteiger partial charge on any atom is 0.220 e. The predicted octanol–water partition coefficient (Wildman–Crippen LogP) is 4.12. The van der Waals surface area contributed by atoms with E-state index in [0.29, 0.717) is 18.8 Å². The Bertz CT molecular complexity index is 204. The van der Waals surface area contributed by atoms with Crippen LogP contribution in [0.4, 0.5) is 0 Å². The van der Waals surface area contributed by atoms with E-state index in [9.17, 15) is 4.79 Å². The smallest absolute Gasteiger partial charge is 0.220 e. The van der Waals surface area contributed by atoms with E-state index in [2.05, 4.69) is 26.1 Å². The molecule has 0 aromatic heterocycles. The van der Waals surface area contributed by atoms with Gasteiger partial charge in [0.1, 0.15) is 0 Å². The Morgan fingerprint density at radius 1 is 1.12 bits per heavy atom. The second-order valence-corrected chi connectivity index (χ2v) is 5.86. The SMILES string of the molecule is CCCCCCCCC(=O)NCC(C)(C)CCl. The number of hydrogen-bond donors (Lipinski definition) is 1. The van der Waals surface area contributed by atoms with E-state index in [1.54, 1.807) is 0 Å². The lowest BCUT2D eigenvalue weighted by atomic mass is 9.96. The first kappa shape index (κ1) is 16.8. The zero-order valence-electron chi connectivity index (χ0n) is 11.7. The molecule has 17 heavy (non-hydrogen) atoms. The van der Waals surface area contributed by atoms with Gasteiger partial charge in [0, 0.05) is 18.8 Å². The summed E-state index contributed by atoms with van der Waals surface area (Å²) in [6, 6.07) is 0. The molecule has 0 aliphatic carbocycles. The molecular formula is C14H28ClNO. The highest BCUT2D eigenvalue weighted by Crippen LogP contribution is 2.15. The van der Waals surface area contributed by atoms with E-state index in [0.717, 1.165) is 6.42 Å². The first-order valence-electron chi connectivity index (χ1n) is 6.84. The van der Waals surface area contributed by atoms with Gasteiger partial charge in [-0.05, 0) is 11.8 Å². The molecule has 0 aliphatic rings. The number of rotatable bonds is 10. The van der Waals surface area contributed by atoms with Gasteiger partial charge >= 0.3 is 0 Å². The molecule has 102 valence electrons. The van der Waals surface area contributed by atoms with Crippen molar-refractivity contribution in [1.82, 2.24) is 5.32 Å². The van der Waals surface area contributed by atoms with Crippen molar-refractivity contribution < 1.29 is 4.79 Å². The van der Waals surface area contributed by atoms with Crippen molar-refractivity contribution >= 4 is 17.5 Å². The maximum atomic E-state index is 11.5. The summed E-state index contributed by atoms with van der Waals surface area (Å²) in [6.07, 6.45) is 7.99. The molecule has 0 bridgehead atoms. The van der Waals surface area contributed by atoms with Crippen molar-refractivity contribution in [3.8, 4) is 0 Å². The van der Waals surface area contributed by atoms with Gasteiger partial charge in [-0.2, -0.15) is 0 Å². The lowest BCUT2D eigenvalue weighted by Gasteiger charge is -2.21. The van der Waals surface area contributed by atoms with E-state index in [1.165, 1.54) is 32.1 Å². The molecule has 0 aromatic rings. The normalized spacial score (nSPS) is 11.5. The van der Waals surface area contributed by atoms with E-state index in [1.807, 2.05) is 0 Å². The molecule has 0 atom stereocenters. The van der Waals surface area contributed by atoms with Crippen LogP contribution in [0.25, 0.3) is 0 Å². The highest BCUT2D eigenvalue weighted by molar-refractivity contribution is 6.18. The van der Waals surface area contributed by atoms with Crippen molar-refractivity contribution in [3.05, 3.63) is 0 Å². The molecule has 0 rings (SSSR count). The second-order valence-electron chi connectivity index (χ2n) is 5.59. The lowest BCUT2D eigenvalue weighted by molar-refractivity contribution is -0.121. The number of unbranched alkanes of at least 4 members (excludes halogenated alkanes) is 5. The molecule has 0 spiro atoms. The Morgan fingerprint density at radius 2 is 1.71 bits per heavy atom. The topological polar surface area (TPSA) is 29.1 Å². The standard InChI is InChI=1S/C14H28ClNO/c1-4-5-6-7-8-9-10-13(17)16-12-14(2,3)11-15/h4-12H2,1-3H3,(H,16,17). The minimum atomic E-state index is -0.00165. The summed E-state index contributed by atoms with van der Waals surface area (Å²) in [5, 5.41) is 2.95. The van der Waals surface area contributed by atoms with Crippen LogP contribution >= 0.6 is 11.6 Å². The van der Waals surface area contributed by atoms with Crippen molar-refractivity contribution in [2.24, 2.45) is 5.41 Å². The third-order valence-electron chi connectivity index (χ3n) is 2.88. The lowest BCUT2D eigenvalue weighted by Crippen LogP contribution is -2.34. The number of carbonyl (C=O) groups is 1. The monoisotopic (exact) mass is 261 g/mol. The average Bonchev–Trinajstić information content (AvgIpc) is 2.31. The largest absolute Gasteiger partial charge is 0.356 e.